The predicted molar refractivity (Wildman–Crippen MR) is 73.4 cm³/mol. The lowest BCUT2D eigenvalue weighted by Crippen LogP contribution is -2.24. The summed E-state index contributed by atoms with van der Waals surface area (Å²) in [5.74, 6) is 0.352. The van der Waals surface area contributed by atoms with Crippen LogP contribution in [0.1, 0.15) is 22.8 Å². The number of carbonyl (C=O) groups is 1. The molecule has 0 saturated heterocycles. The molecule has 1 aromatic heterocycles. The Labute approximate surface area is 115 Å². The first-order valence-corrected chi connectivity index (χ1v) is 7.17. The minimum Gasteiger partial charge on any atom is -0.352 e. The Morgan fingerprint density at radius 1 is 1.32 bits per heavy atom. The van der Waals surface area contributed by atoms with Gasteiger partial charge in [-0.1, -0.05) is 18.2 Å². The van der Waals surface area contributed by atoms with E-state index in [1.807, 2.05) is 11.4 Å². The first kappa shape index (κ1) is 12.4. The van der Waals surface area contributed by atoms with Crippen LogP contribution in [0.4, 0.5) is 4.39 Å². The molecular formula is C15H14FNOS. The van der Waals surface area contributed by atoms with Gasteiger partial charge in [-0.2, -0.15) is 0 Å². The third-order valence-corrected chi connectivity index (χ3v) is 4.42. The van der Waals surface area contributed by atoms with E-state index in [4.69, 9.17) is 0 Å². The van der Waals surface area contributed by atoms with E-state index in [-0.39, 0.29) is 17.6 Å². The summed E-state index contributed by atoms with van der Waals surface area (Å²) in [4.78, 5) is 13.3. The Hall–Kier alpha value is -1.68. The lowest BCUT2D eigenvalue weighted by molar-refractivity contribution is -0.122. The van der Waals surface area contributed by atoms with Crippen LogP contribution in [0.25, 0.3) is 0 Å². The molecule has 0 aliphatic heterocycles. The highest BCUT2D eigenvalue weighted by Crippen LogP contribution is 2.49. The standard InChI is InChI=1S/C15H14FNOS/c16-11-5-3-10(4-6-11)9-17-15(18)13-8-12(13)14-2-1-7-19-14/h1-7,12-13H,8-9H2,(H,17,18). The molecule has 2 atom stereocenters. The van der Waals surface area contributed by atoms with Crippen molar-refractivity contribution in [1.82, 2.24) is 5.32 Å². The molecule has 0 spiro atoms. The van der Waals surface area contributed by atoms with Crippen LogP contribution in [-0.4, -0.2) is 5.91 Å². The molecule has 98 valence electrons. The summed E-state index contributed by atoms with van der Waals surface area (Å²) < 4.78 is 12.7. The van der Waals surface area contributed by atoms with Gasteiger partial charge in [-0.15, -0.1) is 11.3 Å². The van der Waals surface area contributed by atoms with Gasteiger partial charge < -0.3 is 5.32 Å². The highest BCUT2D eigenvalue weighted by Gasteiger charge is 2.44. The molecule has 4 heteroatoms. The Bertz CT molecular complexity index is 564. The molecule has 1 aliphatic carbocycles. The fourth-order valence-corrected chi connectivity index (χ4v) is 3.13. The number of rotatable bonds is 4. The van der Waals surface area contributed by atoms with Gasteiger partial charge in [0.25, 0.3) is 0 Å². The van der Waals surface area contributed by atoms with Gasteiger partial charge in [0.1, 0.15) is 5.82 Å². The molecule has 2 nitrogen and oxygen atoms in total. The van der Waals surface area contributed by atoms with Crippen molar-refractivity contribution >= 4 is 17.2 Å². The second-order valence-electron chi connectivity index (χ2n) is 4.81. The van der Waals surface area contributed by atoms with Crippen molar-refractivity contribution in [2.45, 2.75) is 18.9 Å². The molecule has 0 radical (unpaired) electrons. The monoisotopic (exact) mass is 275 g/mol. The van der Waals surface area contributed by atoms with Crippen molar-refractivity contribution < 1.29 is 9.18 Å². The van der Waals surface area contributed by atoms with Crippen molar-refractivity contribution in [3.8, 4) is 0 Å². The molecule has 19 heavy (non-hydrogen) atoms. The van der Waals surface area contributed by atoms with Gasteiger partial charge >= 0.3 is 0 Å². The first-order valence-electron chi connectivity index (χ1n) is 6.29. The van der Waals surface area contributed by atoms with Gasteiger partial charge in [0, 0.05) is 23.3 Å². The summed E-state index contributed by atoms with van der Waals surface area (Å²) >= 11 is 1.71. The topological polar surface area (TPSA) is 29.1 Å². The summed E-state index contributed by atoms with van der Waals surface area (Å²) in [6.45, 7) is 0.465. The van der Waals surface area contributed by atoms with Crippen LogP contribution >= 0.6 is 11.3 Å². The maximum absolute atomic E-state index is 12.7. The number of carbonyl (C=O) groups excluding carboxylic acids is 1. The second kappa shape index (κ2) is 5.13. The SMILES string of the molecule is O=C(NCc1ccc(F)cc1)C1CC1c1cccs1. The molecule has 1 amide bonds. The van der Waals surface area contributed by atoms with E-state index in [0.717, 1.165) is 12.0 Å². The van der Waals surface area contributed by atoms with Crippen molar-refractivity contribution in [1.29, 1.82) is 0 Å². The van der Waals surface area contributed by atoms with E-state index in [2.05, 4.69) is 11.4 Å². The van der Waals surface area contributed by atoms with Crippen LogP contribution in [0.15, 0.2) is 41.8 Å². The van der Waals surface area contributed by atoms with E-state index in [0.29, 0.717) is 12.5 Å². The maximum atomic E-state index is 12.7. The van der Waals surface area contributed by atoms with Gasteiger partial charge in [-0.25, -0.2) is 4.39 Å². The van der Waals surface area contributed by atoms with E-state index in [9.17, 15) is 9.18 Å². The number of nitrogens with one attached hydrogen (secondary N) is 1. The summed E-state index contributed by atoms with van der Waals surface area (Å²) in [5, 5.41) is 4.96. The number of benzene rings is 1. The summed E-state index contributed by atoms with van der Waals surface area (Å²) in [6.07, 6.45) is 0.940. The molecule has 1 saturated carbocycles. The molecule has 3 rings (SSSR count). The molecule has 2 unspecified atom stereocenters. The second-order valence-corrected chi connectivity index (χ2v) is 5.79. The number of hydrogen-bond donors (Lipinski definition) is 1. The van der Waals surface area contributed by atoms with Crippen LogP contribution in [0, 0.1) is 11.7 Å². The largest absolute Gasteiger partial charge is 0.352 e. The fourth-order valence-electron chi connectivity index (χ4n) is 2.22. The molecule has 1 fully saturated rings. The van der Waals surface area contributed by atoms with Crippen LogP contribution in [0.2, 0.25) is 0 Å². The van der Waals surface area contributed by atoms with Crippen LogP contribution in [-0.2, 0) is 11.3 Å². The summed E-state index contributed by atoms with van der Waals surface area (Å²) in [7, 11) is 0. The Balaban J connectivity index is 1.52. The Morgan fingerprint density at radius 2 is 2.11 bits per heavy atom. The average molecular weight is 275 g/mol. The Morgan fingerprint density at radius 3 is 2.79 bits per heavy atom. The fraction of sp³-hybridized carbons (Fsp3) is 0.267. The third-order valence-electron chi connectivity index (χ3n) is 3.42. The molecule has 2 aromatic rings. The molecule has 1 N–H and O–H groups in total. The number of amides is 1. The van der Waals surface area contributed by atoms with Crippen LogP contribution in [0.5, 0.6) is 0 Å². The number of halogens is 1. The minimum absolute atomic E-state index is 0.0997. The molecule has 1 aliphatic rings. The maximum Gasteiger partial charge on any atom is 0.224 e. The van der Waals surface area contributed by atoms with Crippen molar-refractivity contribution in [2.24, 2.45) is 5.92 Å². The average Bonchev–Trinajstić information content (AvgIpc) is 3.04. The quantitative estimate of drug-likeness (QED) is 0.911. The molecule has 0 bridgehead atoms. The zero-order valence-corrected chi connectivity index (χ0v) is 11.1. The highest BCUT2D eigenvalue weighted by molar-refractivity contribution is 7.10. The van der Waals surface area contributed by atoms with E-state index in [1.54, 1.807) is 23.5 Å². The van der Waals surface area contributed by atoms with Crippen molar-refractivity contribution in [3.05, 3.63) is 58.0 Å². The smallest absolute Gasteiger partial charge is 0.224 e. The first-order chi connectivity index (χ1) is 9.24. The van der Waals surface area contributed by atoms with E-state index >= 15 is 0 Å². The molecule has 1 aromatic carbocycles. The molecular weight excluding hydrogens is 261 g/mol. The number of hydrogen-bond acceptors (Lipinski definition) is 2. The van der Waals surface area contributed by atoms with Gasteiger partial charge in [-0.05, 0) is 35.6 Å². The third kappa shape index (κ3) is 2.84. The van der Waals surface area contributed by atoms with Gasteiger partial charge in [-0.3, -0.25) is 4.79 Å². The Kier molecular flexibility index (Phi) is 3.34. The summed E-state index contributed by atoms with van der Waals surface area (Å²) in [5.41, 5.74) is 0.920. The lowest BCUT2D eigenvalue weighted by atomic mass is 10.2. The number of thiophene rings is 1. The summed E-state index contributed by atoms with van der Waals surface area (Å²) in [6, 6.07) is 10.3. The molecule has 1 heterocycles. The minimum atomic E-state index is -0.255. The normalized spacial score (nSPS) is 21.1. The predicted octanol–water partition coefficient (Wildman–Crippen LogP) is 3.31. The van der Waals surface area contributed by atoms with Gasteiger partial charge in [0.15, 0.2) is 0 Å². The van der Waals surface area contributed by atoms with Crippen LogP contribution < -0.4 is 5.32 Å². The van der Waals surface area contributed by atoms with Crippen LogP contribution in [0.3, 0.4) is 0 Å². The zero-order chi connectivity index (χ0) is 13.2. The van der Waals surface area contributed by atoms with Gasteiger partial charge in [0.2, 0.25) is 5.91 Å². The zero-order valence-electron chi connectivity index (χ0n) is 10.3. The van der Waals surface area contributed by atoms with E-state index < -0.39 is 0 Å². The van der Waals surface area contributed by atoms with Crippen molar-refractivity contribution in [2.75, 3.05) is 0 Å². The van der Waals surface area contributed by atoms with Crippen molar-refractivity contribution in [3.63, 3.8) is 0 Å². The van der Waals surface area contributed by atoms with E-state index in [1.165, 1.54) is 17.0 Å². The van der Waals surface area contributed by atoms with Gasteiger partial charge in [0.05, 0.1) is 0 Å². The lowest BCUT2D eigenvalue weighted by Gasteiger charge is -2.04. The highest BCUT2D eigenvalue weighted by atomic mass is 32.1.